The van der Waals surface area contributed by atoms with E-state index in [9.17, 15) is 14.4 Å². The van der Waals surface area contributed by atoms with Gasteiger partial charge in [0.15, 0.2) is 0 Å². The largest absolute Gasteiger partial charge is 0.474 e. The van der Waals surface area contributed by atoms with E-state index in [1.54, 1.807) is 11.9 Å². The third-order valence-electron chi connectivity index (χ3n) is 9.45. The van der Waals surface area contributed by atoms with Gasteiger partial charge in [-0.05, 0) is 57.7 Å². The van der Waals surface area contributed by atoms with Crippen LogP contribution in [0.25, 0.3) is 10.9 Å². The molecule has 3 amide bonds. The van der Waals surface area contributed by atoms with Crippen LogP contribution in [0.15, 0.2) is 36.4 Å². The van der Waals surface area contributed by atoms with Gasteiger partial charge < -0.3 is 30.5 Å². The van der Waals surface area contributed by atoms with E-state index in [-0.39, 0.29) is 17.7 Å². The van der Waals surface area contributed by atoms with E-state index < -0.39 is 29.4 Å². The summed E-state index contributed by atoms with van der Waals surface area (Å²) in [5.74, 6) is -1.15. The van der Waals surface area contributed by atoms with Crippen LogP contribution in [0.3, 0.4) is 0 Å². The van der Waals surface area contributed by atoms with Crippen molar-refractivity contribution in [2.75, 3.05) is 51.7 Å². The number of carbonyl (C=O) groups excluding carboxylic acids is 3. The molecule has 1 saturated heterocycles. The lowest BCUT2D eigenvalue weighted by Crippen LogP contribution is -2.51. The van der Waals surface area contributed by atoms with Crippen LogP contribution in [0, 0.1) is 17.8 Å². The minimum absolute atomic E-state index is 0.0694. The van der Waals surface area contributed by atoms with Crippen LogP contribution in [0.4, 0.5) is 5.95 Å². The number of amides is 3. The number of ether oxygens (including phenoxy) is 1. The normalized spacial score (nSPS) is 30.8. The quantitative estimate of drug-likeness (QED) is 0.527. The predicted molar refractivity (Wildman–Crippen MR) is 159 cm³/mol. The first kappa shape index (κ1) is 28.4. The topological polar surface area (TPSA) is 134 Å². The maximum Gasteiger partial charge on any atom is 0.243 e. The summed E-state index contributed by atoms with van der Waals surface area (Å²) >= 11 is 0. The van der Waals surface area contributed by atoms with Gasteiger partial charge >= 0.3 is 0 Å². The van der Waals surface area contributed by atoms with Gasteiger partial charge in [0, 0.05) is 45.7 Å². The minimum atomic E-state index is -1.09. The van der Waals surface area contributed by atoms with Gasteiger partial charge in [0.05, 0.1) is 22.7 Å². The highest BCUT2D eigenvalue weighted by Crippen LogP contribution is 2.46. The summed E-state index contributed by atoms with van der Waals surface area (Å²) in [6.07, 6.45) is 7.52. The Hall–Kier alpha value is -3.73. The number of hydrogen-bond acceptors (Lipinski definition) is 8. The fourth-order valence-electron chi connectivity index (χ4n) is 6.67. The maximum atomic E-state index is 13.8. The second-order valence-electron chi connectivity index (χ2n) is 12.4. The van der Waals surface area contributed by atoms with Crippen molar-refractivity contribution in [2.24, 2.45) is 23.5 Å². The SMILES string of the molecule is CN1CCN(c2nc(OC3CC4C(=O)NC5(C(N)=O)CC5C=CCCCCN(C)C(=O)C4C3)c3ccccc3n2)CC1. The van der Waals surface area contributed by atoms with Crippen LogP contribution in [-0.4, -0.2) is 96.0 Å². The van der Waals surface area contributed by atoms with Crippen LogP contribution in [0.2, 0.25) is 0 Å². The molecule has 2 aliphatic heterocycles. The number of hydrogen-bond donors (Lipinski definition) is 2. The molecule has 5 unspecified atom stereocenters. The molecule has 0 bridgehead atoms. The number of rotatable bonds is 4. The summed E-state index contributed by atoms with van der Waals surface area (Å²) in [5, 5.41) is 3.76. The Labute approximate surface area is 246 Å². The van der Waals surface area contributed by atoms with Gasteiger partial charge in [-0.1, -0.05) is 24.3 Å². The molecule has 6 rings (SSSR count). The highest BCUT2D eigenvalue weighted by atomic mass is 16.5. The fraction of sp³-hybridized carbons (Fsp3) is 0.581. The Morgan fingerprint density at radius 1 is 1.02 bits per heavy atom. The van der Waals surface area contributed by atoms with Crippen molar-refractivity contribution in [3.8, 4) is 5.88 Å². The summed E-state index contributed by atoms with van der Waals surface area (Å²) in [7, 11) is 3.91. The first-order valence-corrected chi connectivity index (χ1v) is 15.2. The molecule has 11 nitrogen and oxygen atoms in total. The van der Waals surface area contributed by atoms with Crippen LogP contribution >= 0.6 is 0 Å². The van der Waals surface area contributed by atoms with Crippen molar-refractivity contribution in [3.05, 3.63) is 36.4 Å². The lowest BCUT2D eigenvalue weighted by molar-refractivity contribution is -0.140. The predicted octanol–water partition coefficient (Wildman–Crippen LogP) is 1.71. The van der Waals surface area contributed by atoms with E-state index in [1.165, 1.54) is 0 Å². The zero-order valence-corrected chi connectivity index (χ0v) is 24.5. The summed E-state index contributed by atoms with van der Waals surface area (Å²) in [4.78, 5) is 55.8. The van der Waals surface area contributed by atoms with Crippen molar-refractivity contribution in [1.82, 2.24) is 25.1 Å². The van der Waals surface area contributed by atoms with E-state index >= 15 is 0 Å². The van der Waals surface area contributed by atoms with Gasteiger partial charge in [0.25, 0.3) is 0 Å². The Kier molecular flexibility index (Phi) is 7.78. The lowest BCUT2D eigenvalue weighted by atomic mass is 9.93. The molecule has 0 radical (unpaired) electrons. The minimum Gasteiger partial charge on any atom is -0.474 e. The average Bonchev–Trinajstić information content (AvgIpc) is 3.52. The van der Waals surface area contributed by atoms with E-state index in [0.717, 1.165) is 56.3 Å². The van der Waals surface area contributed by atoms with Gasteiger partial charge in [0.1, 0.15) is 11.6 Å². The molecule has 224 valence electrons. The van der Waals surface area contributed by atoms with E-state index in [4.69, 9.17) is 20.4 Å². The number of carbonyl (C=O) groups is 3. The van der Waals surface area contributed by atoms with Crippen LogP contribution in [0.1, 0.15) is 38.5 Å². The van der Waals surface area contributed by atoms with Crippen molar-refractivity contribution in [1.29, 1.82) is 0 Å². The molecule has 2 saturated carbocycles. The highest BCUT2D eigenvalue weighted by Gasteiger charge is 2.60. The van der Waals surface area contributed by atoms with E-state index in [0.29, 0.717) is 37.6 Å². The molecule has 1 aromatic heterocycles. The summed E-state index contributed by atoms with van der Waals surface area (Å²) in [5.41, 5.74) is 5.49. The highest BCUT2D eigenvalue weighted by molar-refractivity contribution is 5.96. The van der Waals surface area contributed by atoms with Crippen LogP contribution in [-0.2, 0) is 14.4 Å². The molecule has 11 heteroatoms. The number of benzene rings is 1. The molecule has 3 N–H and O–H groups in total. The molecular weight excluding hydrogens is 534 g/mol. The molecule has 3 heterocycles. The van der Waals surface area contributed by atoms with Crippen molar-refractivity contribution in [2.45, 2.75) is 50.2 Å². The first-order chi connectivity index (χ1) is 20.2. The molecule has 0 spiro atoms. The first-order valence-electron chi connectivity index (χ1n) is 15.2. The summed E-state index contributed by atoms with van der Waals surface area (Å²) < 4.78 is 6.57. The number of allylic oxidation sites excluding steroid dienone is 1. The Morgan fingerprint density at radius 3 is 2.57 bits per heavy atom. The summed E-state index contributed by atoms with van der Waals surface area (Å²) in [6, 6.07) is 7.76. The van der Waals surface area contributed by atoms with Crippen LogP contribution < -0.4 is 20.7 Å². The van der Waals surface area contributed by atoms with Gasteiger partial charge in [0.2, 0.25) is 29.5 Å². The number of piperazine rings is 1. The Morgan fingerprint density at radius 2 is 1.79 bits per heavy atom. The molecule has 2 aliphatic carbocycles. The number of primary amides is 1. The lowest BCUT2D eigenvalue weighted by Gasteiger charge is -2.32. The number of likely N-dealkylation sites (N-methyl/N-ethyl adjacent to an activating group) is 1. The van der Waals surface area contributed by atoms with Crippen LogP contribution in [0.5, 0.6) is 5.88 Å². The zero-order valence-electron chi connectivity index (χ0n) is 24.5. The van der Waals surface area contributed by atoms with Crippen molar-refractivity contribution in [3.63, 3.8) is 0 Å². The molecule has 42 heavy (non-hydrogen) atoms. The van der Waals surface area contributed by atoms with Crippen molar-refractivity contribution >= 4 is 34.6 Å². The van der Waals surface area contributed by atoms with Gasteiger partial charge in [-0.25, -0.2) is 4.98 Å². The Bertz CT molecular complexity index is 1390. The van der Waals surface area contributed by atoms with Gasteiger partial charge in [-0.2, -0.15) is 4.98 Å². The van der Waals surface area contributed by atoms with Crippen molar-refractivity contribution < 1.29 is 19.1 Å². The number of nitrogens with one attached hydrogen (secondary N) is 1. The number of nitrogens with two attached hydrogens (primary N) is 1. The maximum absolute atomic E-state index is 13.8. The van der Waals surface area contributed by atoms with E-state index in [1.807, 2.05) is 30.3 Å². The number of nitrogens with zero attached hydrogens (tertiary/aromatic N) is 5. The number of aromatic nitrogens is 2. The molecule has 4 aliphatic rings. The standard InChI is InChI=1S/C31H41N7O4/c1-36-13-15-38(16-14-36)30-33-25-11-7-6-10-22(25)27(34-30)42-21-17-23-24(18-21)28(40)37(2)12-8-4-3-5-9-20-19-31(20,29(32)41)35-26(23)39/h5-7,9-11,20-21,23-24H,3-4,8,12-19H2,1-2H3,(H2,32,41)(H,35,39). The molecular formula is C31H41N7O4. The zero-order chi connectivity index (χ0) is 29.4. The smallest absolute Gasteiger partial charge is 0.243 e. The fourth-order valence-corrected chi connectivity index (χ4v) is 6.67. The molecule has 1 aromatic carbocycles. The third-order valence-corrected chi connectivity index (χ3v) is 9.45. The Balaban J connectivity index is 1.28. The number of fused-ring (bicyclic) bond motifs is 3. The third kappa shape index (κ3) is 5.54. The number of para-hydroxylation sites is 1. The molecule has 5 atom stereocenters. The number of anilines is 1. The molecule has 3 fully saturated rings. The molecule has 2 aromatic rings. The van der Waals surface area contributed by atoms with Gasteiger partial charge in [-0.3, -0.25) is 14.4 Å². The summed E-state index contributed by atoms with van der Waals surface area (Å²) in [6.45, 7) is 4.11. The average molecular weight is 576 g/mol. The second kappa shape index (κ2) is 11.5. The van der Waals surface area contributed by atoms with Gasteiger partial charge in [-0.15, -0.1) is 0 Å². The second-order valence-corrected chi connectivity index (χ2v) is 12.4. The van der Waals surface area contributed by atoms with E-state index in [2.05, 4.69) is 28.2 Å². The monoisotopic (exact) mass is 575 g/mol.